The van der Waals surface area contributed by atoms with Gasteiger partial charge in [0.25, 0.3) is 5.69 Å². The van der Waals surface area contributed by atoms with Crippen LogP contribution in [0.25, 0.3) is 0 Å². The zero-order valence-electron chi connectivity index (χ0n) is 13.7. The van der Waals surface area contributed by atoms with Crippen molar-refractivity contribution in [2.75, 3.05) is 7.11 Å². The van der Waals surface area contributed by atoms with Crippen LogP contribution in [0.3, 0.4) is 0 Å². The molecule has 3 rings (SSSR count). The molecule has 0 saturated heterocycles. The van der Waals surface area contributed by atoms with E-state index in [1.807, 2.05) is 0 Å². The quantitative estimate of drug-likeness (QED) is 0.615. The molecule has 0 unspecified atom stereocenters. The Morgan fingerprint density at radius 3 is 2.60 bits per heavy atom. The van der Waals surface area contributed by atoms with Gasteiger partial charge in [-0.05, 0) is 38.1 Å². The predicted octanol–water partition coefficient (Wildman–Crippen LogP) is 3.31. The first-order chi connectivity index (χ1) is 11.6. The highest BCUT2D eigenvalue weighted by molar-refractivity contribution is 6.14. The van der Waals surface area contributed by atoms with E-state index in [-0.39, 0.29) is 28.5 Å². The van der Waals surface area contributed by atoms with Gasteiger partial charge in [0, 0.05) is 11.6 Å². The van der Waals surface area contributed by atoms with Gasteiger partial charge in [-0.25, -0.2) is 4.99 Å². The first-order valence-electron chi connectivity index (χ1n) is 7.39. The first-order valence-corrected chi connectivity index (χ1v) is 7.39. The Balaban J connectivity index is 2.29. The summed E-state index contributed by atoms with van der Waals surface area (Å²) in [5, 5.41) is 12.3. The molecule has 0 fully saturated rings. The molecule has 0 saturated carbocycles. The van der Waals surface area contributed by atoms with Crippen molar-refractivity contribution in [2.45, 2.75) is 25.7 Å². The van der Waals surface area contributed by atoms with Crippen molar-refractivity contribution in [3.8, 4) is 11.5 Å². The number of fused-ring (bicyclic) bond motifs is 1. The summed E-state index contributed by atoms with van der Waals surface area (Å²) in [4.78, 5) is 4.34. The Morgan fingerprint density at radius 2 is 1.96 bits per heavy atom. The minimum atomic E-state index is -4.53. The lowest BCUT2D eigenvalue weighted by atomic mass is 9.99. The van der Waals surface area contributed by atoms with Crippen LogP contribution in [0.1, 0.15) is 30.7 Å². The fraction of sp³-hybridized carbons (Fsp3) is 0.294. The van der Waals surface area contributed by atoms with E-state index in [9.17, 15) is 18.4 Å². The molecule has 0 radical (unpaired) electrons. The Morgan fingerprint density at radius 1 is 1.24 bits per heavy atom. The van der Waals surface area contributed by atoms with E-state index in [2.05, 4.69) is 4.99 Å². The molecular weight excluding hydrogens is 337 g/mol. The van der Waals surface area contributed by atoms with Crippen molar-refractivity contribution in [1.29, 1.82) is 0 Å². The van der Waals surface area contributed by atoms with Gasteiger partial charge >= 0.3 is 6.18 Å². The summed E-state index contributed by atoms with van der Waals surface area (Å²) < 4.78 is 50.6. The van der Waals surface area contributed by atoms with Gasteiger partial charge in [-0.1, -0.05) is 0 Å². The van der Waals surface area contributed by atoms with Gasteiger partial charge in [0.15, 0.2) is 17.7 Å². The summed E-state index contributed by atoms with van der Waals surface area (Å²) >= 11 is 0. The molecule has 1 aromatic carbocycles. The molecule has 0 amide bonds. The van der Waals surface area contributed by atoms with Gasteiger partial charge in [0.1, 0.15) is 11.5 Å². The molecule has 5 nitrogen and oxygen atoms in total. The van der Waals surface area contributed by atoms with Crippen LogP contribution in [0.4, 0.5) is 13.2 Å². The molecule has 1 aromatic heterocycles. The third-order valence-corrected chi connectivity index (χ3v) is 3.67. The molecule has 25 heavy (non-hydrogen) atoms. The van der Waals surface area contributed by atoms with Gasteiger partial charge in [-0.2, -0.15) is 17.9 Å². The lowest BCUT2D eigenvalue weighted by molar-refractivity contribution is -0.607. The van der Waals surface area contributed by atoms with Gasteiger partial charge in [-0.15, -0.1) is 0 Å². The van der Waals surface area contributed by atoms with Crippen LogP contribution in [0.15, 0.2) is 41.5 Å². The van der Waals surface area contributed by atoms with Crippen molar-refractivity contribution >= 4 is 5.71 Å². The van der Waals surface area contributed by atoms with Crippen LogP contribution in [0, 0.1) is 5.21 Å². The number of methoxy groups -OCH3 is 1. The number of hydrogen-bond donors (Lipinski definition) is 0. The molecule has 0 aliphatic carbocycles. The molecule has 0 N–H and O–H groups in total. The standard InChI is InChI=1S/C17H15F3N2O3/c1-16(2)21-14(15-13(24-3)5-4-8-22(15)23)11-9-10(17(18,19)20)6-7-12(11)25-16/h4-9H,1-3H3. The van der Waals surface area contributed by atoms with Crippen molar-refractivity contribution in [1.82, 2.24) is 0 Å². The first kappa shape index (κ1) is 17.1. The fourth-order valence-electron chi connectivity index (χ4n) is 2.64. The van der Waals surface area contributed by atoms with E-state index in [1.54, 1.807) is 19.9 Å². The molecular formula is C17H15F3N2O3. The Kier molecular flexibility index (Phi) is 3.85. The van der Waals surface area contributed by atoms with Crippen LogP contribution in [-0.4, -0.2) is 18.5 Å². The predicted molar refractivity (Wildman–Crippen MR) is 83.7 cm³/mol. The Hall–Kier alpha value is -2.77. The van der Waals surface area contributed by atoms with Gasteiger partial charge in [0.05, 0.1) is 12.7 Å². The highest BCUT2D eigenvalue weighted by Gasteiger charge is 2.37. The number of alkyl halides is 3. The molecule has 0 bridgehead atoms. The van der Waals surface area contributed by atoms with E-state index < -0.39 is 17.5 Å². The topological polar surface area (TPSA) is 57.8 Å². The fourth-order valence-corrected chi connectivity index (χ4v) is 2.64. The summed E-state index contributed by atoms with van der Waals surface area (Å²) in [6.07, 6.45) is -3.29. The second-order valence-corrected chi connectivity index (χ2v) is 5.97. The maximum absolute atomic E-state index is 13.1. The highest BCUT2D eigenvalue weighted by atomic mass is 19.4. The molecule has 2 heterocycles. The SMILES string of the molecule is COc1ccc[n+]([O-])c1C1=NC(C)(C)Oc2ccc(C(F)(F)F)cc21. The minimum absolute atomic E-state index is 0.0296. The largest absolute Gasteiger partial charge is 0.618 e. The zero-order valence-corrected chi connectivity index (χ0v) is 13.7. The summed E-state index contributed by atoms with van der Waals surface area (Å²) in [6, 6.07) is 6.12. The number of benzene rings is 1. The molecule has 2 aromatic rings. The summed E-state index contributed by atoms with van der Waals surface area (Å²) in [5.41, 5.74) is -1.69. The van der Waals surface area contributed by atoms with E-state index in [0.29, 0.717) is 4.73 Å². The lowest BCUT2D eigenvalue weighted by Crippen LogP contribution is -2.40. The summed E-state index contributed by atoms with van der Waals surface area (Å²) in [6.45, 7) is 3.30. The number of ether oxygens (including phenoxy) is 2. The van der Waals surface area contributed by atoms with Crippen LogP contribution >= 0.6 is 0 Å². The number of aromatic nitrogens is 1. The van der Waals surface area contributed by atoms with Crippen molar-refractivity contribution < 1.29 is 27.4 Å². The smallest absolute Gasteiger partial charge is 0.416 e. The zero-order chi connectivity index (χ0) is 18.4. The van der Waals surface area contributed by atoms with E-state index in [4.69, 9.17) is 9.47 Å². The van der Waals surface area contributed by atoms with Crippen LogP contribution in [0.2, 0.25) is 0 Å². The number of pyridine rings is 1. The van der Waals surface area contributed by atoms with E-state index in [0.717, 1.165) is 12.1 Å². The van der Waals surface area contributed by atoms with Crippen LogP contribution in [-0.2, 0) is 6.18 Å². The van der Waals surface area contributed by atoms with Gasteiger partial charge < -0.3 is 14.7 Å². The lowest BCUT2D eigenvalue weighted by Gasteiger charge is -2.30. The van der Waals surface area contributed by atoms with E-state index in [1.165, 1.54) is 25.4 Å². The number of rotatable bonds is 2. The van der Waals surface area contributed by atoms with E-state index >= 15 is 0 Å². The number of nitrogens with zero attached hydrogens (tertiary/aromatic N) is 2. The highest BCUT2D eigenvalue weighted by Crippen LogP contribution is 2.38. The van der Waals surface area contributed by atoms with Crippen LogP contribution in [0.5, 0.6) is 11.5 Å². The molecule has 1 aliphatic heterocycles. The minimum Gasteiger partial charge on any atom is -0.618 e. The maximum Gasteiger partial charge on any atom is 0.416 e. The maximum atomic E-state index is 13.1. The molecule has 0 atom stereocenters. The second kappa shape index (κ2) is 5.65. The van der Waals surface area contributed by atoms with Crippen molar-refractivity contribution in [3.05, 3.63) is 58.6 Å². The number of hydrogen-bond acceptors (Lipinski definition) is 4. The summed E-state index contributed by atoms with van der Waals surface area (Å²) in [5.74, 6) is 0.422. The molecule has 0 spiro atoms. The van der Waals surface area contributed by atoms with Crippen molar-refractivity contribution in [3.63, 3.8) is 0 Å². The normalized spacial score (nSPS) is 15.8. The third-order valence-electron chi connectivity index (χ3n) is 3.67. The number of aliphatic imine (C=N–C) groups is 1. The van der Waals surface area contributed by atoms with Crippen molar-refractivity contribution in [2.24, 2.45) is 4.99 Å². The number of halogens is 3. The van der Waals surface area contributed by atoms with Gasteiger partial charge in [0.2, 0.25) is 0 Å². The van der Waals surface area contributed by atoms with Crippen LogP contribution < -0.4 is 14.2 Å². The summed E-state index contributed by atoms with van der Waals surface area (Å²) in [7, 11) is 1.37. The average Bonchev–Trinajstić information content (AvgIpc) is 2.51. The Bertz CT molecular complexity index is 861. The third kappa shape index (κ3) is 3.11. The van der Waals surface area contributed by atoms with Gasteiger partial charge in [-0.3, -0.25) is 0 Å². The second-order valence-electron chi connectivity index (χ2n) is 5.97. The Labute approximate surface area is 141 Å². The molecule has 1 aliphatic rings. The molecule has 8 heteroatoms. The average molecular weight is 352 g/mol. The monoisotopic (exact) mass is 352 g/mol. The molecule has 132 valence electrons.